The lowest BCUT2D eigenvalue weighted by atomic mass is 10.7. The van der Waals surface area contributed by atoms with Gasteiger partial charge in [0.1, 0.15) is 6.34 Å². The molecule has 1 aliphatic rings. The zero-order valence-electron chi connectivity index (χ0n) is 4.37. The summed E-state index contributed by atoms with van der Waals surface area (Å²) in [5.74, 6) is 5.02. The van der Waals surface area contributed by atoms with Gasteiger partial charge in [0.05, 0.1) is 13.1 Å². The Kier molecular flexibility index (Phi) is 3.76. The van der Waals surface area contributed by atoms with Crippen molar-refractivity contribution in [3.05, 3.63) is 0 Å². The second-order valence-electron chi connectivity index (χ2n) is 1.34. The first-order chi connectivity index (χ1) is 3.43. The van der Waals surface area contributed by atoms with Crippen LogP contribution in [-0.2, 0) is 0 Å². The number of nitrogens with one attached hydrogen (secondary N) is 1. The van der Waals surface area contributed by atoms with Crippen molar-refractivity contribution in [2.45, 2.75) is 0 Å². The van der Waals surface area contributed by atoms with Crippen LogP contribution in [-0.4, -0.2) is 24.4 Å². The molecule has 0 spiro atoms. The molecular weight excluding hydrogens is 172 g/mol. The Morgan fingerprint density at radius 1 is 1.75 bits per heavy atom. The molecule has 0 amide bonds. The van der Waals surface area contributed by atoms with Crippen molar-refractivity contribution in [1.29, 1.82) is 0 Å². The Bertz CT molecular complexity index is 83.4. The third kappa shape index (κ3) is 1.77. The highest BCUT2D eigenvalue weighted by molar-refractivity contribution is 8.93. The van der Waals surface area contributed by atoms with Crippen LogP contribution in [0.4, 0.5) is 0 Å². The maximum absolute atomic E-state index is 5.02. The predicted octanol–water partition coefficient (Wildman–Crippen LogP) is -0.714. The summed E-state index contributed by atoms with van der Waals surface area (Å²) in [6, 6.07) is 0. The molecule has 1 rings (SSSR count). The molecule has 0 saturated heterocycles. The molecule has 0 aromatic carbocycles. The molecule has 0 aromatic heterocycles. The van der Waals surface area contributed by atoms with Crippen LogP contribution >= 0.6 is 17.0 Å². The van der Waals surface area contributed by atoms with Gasteiger partial charge in [-0.05, 0) is 0 Å². The summed E-state index contributed by atoms with van der Waals surface area (Å²) >= 11 is 0. The molecule has 3 N–H and O–H groups in total. The second kappa shape index (κ2) is 3.82. The average molecular weight is 181 g/mol. The van der Waals surface area contributed by atoms with Crippen molar-refractivity contribution in [3.63, 3.8) is 0 Å². The smallest absolute Gasteiger partial charge is 0.100 e. The van der Waals surface area contributed by atoms with Crippen molar-refractivity contribution in [2.75, 3.05) is 13.1 Å². The number of hydrazine groups is 2. The minimum atomic E-state index is 0. The number of nitrogens with zero attached hydrogens (tertiary/aromatic N) is 2. The SMILES string of the molecule is Br.NNN1C=NCC1. The number of hydrogen-bond acceptors (Lipinski definition) is 4. The van der Waals surface area contributed by atoms with Gasteiger partial charge in [0.2, 0.25) is 0 Å². The summed E-state index contributed by atoms with van der Waals surface area (Å²) in [7, 11) is 0. The minimum absolute atomic E-state index is 0. The zero-order valence-corrected chi connectivity index (χ0v) is 6.08. The molecule has 5 heteroatoms. The van der Waals surface area contributed by atoms with E-state index in [0.29, 0.717) is 0 Å². The third-order valence-corrected chi connectivity index (χ3v) is 0.857. The summed E-state index contributed by atoms with van der Waals surface area (Å²) in [5.41, 5.74) is 2.45. The van der Waals surface area contributed by atoms with Gasteiger partial charge >= 0.3 is 0 Å². The van der Waals surface area contributed by atoms with Gasteiger partial charge in [-0.1, -0.05) is 0 Å². The van der Waals surface area contributed by atoms with Crippen molar-refractivity contribution in [3.8, 4) is 0 Å². The second-order valence-corrected chi connectivity index (χ2v) is 1.34. The van der Waals surface area contributed by atoms with Gasteiger partial charge in [0.25, 0.3) is 0 Å². The summed E-state index contributed by atoms with van der Waals surface area (Å²) in [5, 5.41) is 1.72. The van der Waals surface area contributed by atoms with E-state index in [-0.39, 0.29) is 17.0 Å². The topological polar surface area (TPSA) is 53.6 Å². The Balaban J connectivity index is 0.000000490. The first-order valence-corrected chi connectivity index (χ1v) is 2.16. The van der Waals surface area contributed by atoms with Crippen molar-refractivity contribution < 1.29 is 0 Å². The molecule has 48 valence electrons. The van der Waals surface area contributed by atoms with E-state index < -0.39 is 0 Å². The summed E-state index contributed by atoms with van der Waals surface area (Å²) in [6.45, 7) is 1.74. The molecule has 4 nitrogen and oxygen atoms in total. The lowest BCUT2D eigenvalue weighted by Gasteiger charge is -2.08. The van der Waals surface area contributed by atoms with Gasteiger partial charge in [-0.2, -0.15) is 5.53 Å². The van der Waals surface area contributed by atoms with Gasteiger partial charge in [-0.3, -0.25) is 15.8 Å². The molecule has 0 aromatic rings. The van der Waals surface area contributed by atoms with Crippen LogP contribution in [0.1, 0.15) is 0 Å². The average Bonchev–Trinajstić information content (AvgIpc) is 2.14. The maximum Gasteiger partial charge on any atom is 0.100 e. The van der Waals surface area contributed by atoms with Crippen LogP contribution in [0.2, 0.25) is 0 Å². The number of rotatable bonds is 1. The van der Waals surface area contributed by atoms with Gasteiger partial charge in [0.15, 0.2) is 0 Å². The highest BCUT2D eigenvalue weighted by atomic mass is 79.9. The molecule has 8 heavy (non-hydrogen) atoms. The molecular formula is C3H9BrN4. The van der Waals surface area contributed by atoms with Crippen molar-refractivity contribution in [1.82, 2.24) is 10.5 Å². The zero-order chi connectivity index (χ0) is 5.11. The molecule has 0 atom stereocenters. The van der Waals surface area contributed by atoms with Crippen LogP contribution in [0.25, 0.3) is 0 Å². The minimum Gasteiger partial charge on any atom is -0.283 e. The molecule has 0 fully saturated rings. The highest BCUT2D eigenvalue weighted by Gasteiger charge is 1.99. The standard InChI is InChI=1S/C3H8N4.BrH/c4-6-7-2-1-5-3-7;/h3,6H,1-2,4H2;1H. The first kappa shape index (κ1) is 7.87. The summed E-state index contributed by atoms with van der Waals surface area (Å²) < 4.78 is 0. The highest BCUT2D eigenvalue weighted by Crippen LogP contribution is 1.83. The fourth-order valence-electron chi connectivity index (χ4n) is 0.477. The molecule has 0 unspecified atom stereocenters. The number of hydrogen-bond donors (Lipinski definition) is 2. The first-order valence-electron chi connectivity index (χ1n) is 2.16. The molecule has 0 bridgehead atoms. The molecule has 0 aliphatic carbocycles. The predicted molar refractivity (Wildman–Crippen MR) is 37.7 cm³/mol. The van der Waals surface area contributed by atoms with E-state index in [4.69, 9.17) is 5.84 Å². The van der Waals surface area contributed by atoms with Crippen molar-refractivity contribution >= 4 is 23.3 Å². The Morgan fingerprint density at radius 3 is 2.75 bits per heavy atom. The number of halogens is 1. The van der Waals surface area contributed by atoms with E-state index in [2.05, 4.69) is 10.5 Å². The van der Waals surface area contributed by atoms with Crippen LogP contribution < -0.4 is 11.4 Å². The van der Waals surface area contributed by atoms with Gasteiger partial charge in [0, 0.05) is 0 Å². The molecule has 1 aliphatic heterocycles. The lowest BCUT2D eigenvalue weighted by Crippen LogP contribution is -2.40. The van der Waals surface area contributed by atoms with E-state index in [1.54, 1.807) is 11.3 Å². The third-order valence-electron chi connectivity index (χ3n) is 0.857. The molecule has 1 heterocycles. The van der Waals surface area contributed by atoms with Gasteiger partial charge < -0.3 is 0 Å². The van der Waals surface area contributed by atoms with Crippen molar-refractivity contribution in [2.24, 2.45) is 10.8 Å². The normalized spacial score (nSPS) is 16.4. The monoisotopic (exact) mass is 180 g/mol. The summed E-state index contributed by atoms with van der Waals surface area (Å²) in [6.07, 6.45) is 1.68. The lowest BCUT2D eigenvalue weighted by molar-refractivity contribution is 0.351. The number of nitrogens with two attached hydrogens (primary N) is 1. The quantitative estimate of drug-likeness (QED) is 0.415. The fourth-order valence-corrected chi connectivity index (χ4v) is 0.477. The van der Waals surface area contributed by atoms with Crippen LogP contribution in [0.3, 0.4) is 0 Å². The molecule has 0 radical (unpaired) electrons. The Hall–Kier alpha value is -0.130. The fraction of sp³-hybridized carbons (Fsp3) is 0.667. The molecule has 0 saturated carbocycles. The van der Waals surface area contributed by atoms with E-state index in [9.17, 15) is 0 Å². The maximum atomic E-state index is 5.02. The van der Waals surface area contributed by atoms with E-state index in [0.717, 1.165) is 13.1 Å². The van der Waals surface area contributed by atoms with Gasteiger partial charge in [-0.25, -0.2) is 0 Å². The van der Waals surface area contributed by atoms with Crippen LogP contribution in [0.15, 0.2) is 4.99 Å². The van der Waals surface area contributed by atoms with Crippen LogP contribution in [0.5, 0.6) is 0 Å². The Labute approximate surface area is 58.5 Å². The van der Waals surface area contributed by atoms with Gasteiger partial charge in [-0.15, -0.1) is 17.0 Å². The van der Waals surface area contributed by atoms with E-state index in [1.165, 1.54) is 0 Å². The number of aliphatic imine (C=N–C) groups is 1. The van der Waals surface area contributed by atoms with E-state index >= 15 is 0 Å². The van der Waals surface area contributed by atoms with E-state index in [1.807, 2.05) is 0 Å². The Morgan fingerprint density at radius 2 is 2.50 bits per heavy atom. The summed E-state index contributed by atoms with van der Waals surface area (Å²) in [4.78, 5) is 3.89. The largest absolute Gasteiger partial charge is 0.283 e. The van der Waals surface area contributed by atoms with Crippen LogP contribution in [0, 0.1) is 0 Å².